The zero-order valence-electron chi connectivity index (χ0n) is 11.3. The normalized spacial score (nSPS) is 13.5. The smallest absolute Gasteiger partial charge is 0.264 e. The lowest BCUT2D eigenvalue weighted by Gasteiger charge is -2.26. The molecule has 3 rings (SSSR count). The van der Waals surface area contributed by atoms with Gasteiger partial charge < -0.3 is 14.6 Å². The van der Waals surface area contributed by atoms with Crippen LogP contribution in [0.2, 0.25) is 0 Å². The largest absolute Gasteiger partial charge is 0.395 e. The van der Waals surface area contributed by atoms with Crippen LogP contribution in [-0.4, -0.2) is 43.8 Å². The van der Waals surface area contributed by atoms with Gasteiger partial charge in [0, 0.05) is 19.5 Å². The summed E-state index contributed by atoms with van der Waals surface area (Å²) in [4.78, 5) is 15.8. The molecule has 108 valence electrons. The van der Waals surface area contributed by atoms with Gasteiger partial charge >= 0.3 is 0 Å². The molecule has 0 bridgehead atoms. The van der Waals surface area contributed by atoms with E-state index in [2.05, 4.69) is 22.0 Å². The van der Waals surface area contributed by atoms with Crippen molar-refractivity contribution in [2.75, 3.05) is 13.2 Å². The number of rotatable bonds is 2. The van der Waals surface area contributed by atoms with Gasteiger partial charge in [0.05, 0.1) is 22.9 Å². The van der Waals surface area contributed by atoms with Gasteiger partial charge in [0.25, 0.3) is 5.91 Å². The summed E-state index contributed by atoms with van der Waals surface area (Å²) in [5.74, 6) is 6.62. The molecule has 1 N–H and O–H groups in total. The van der Waals surface area contributed by atoms with Gasteiger partial charge in [-0.25, -0.2) is 0 Å². The Hall–Kier alpha value is -2.17. The van der Waals surface area contributed by atoms with Crippen LogP contribution in [0.1, 0.15) is 26.8 Å². The van der Waals surface area contributed by atoms with E-state index in [0.29, 0.717) is 24.4 Å². The van der Waals surface area contributed by atoms with E-state index in [4.69, 9.17) is 5.11 Å². The van der Waals surface area contributed by atoms with Crippen LogP contribution in [0.3, 0.4) is 0 Å². The summed E-state index contributed by atoms with van der Waals surface area (Å²) in [6.45, 7) is 1.93. The predicted octanol–water partition coefficient (Wildman–Crippen LogP) is 0.730. The minimum atomic E-state index is 0.00413. The number of hydrogen-bond acceptors (Lipinski definition) is 5. The number of carbonyl (C=O) groups is 1. The maximum Gasteiger partial charge on any atom is 0.264 e. The molecule has 0 aromatic carbocycles. The Morgan fingerprint density at radius 3 is 3.19 bits per heavy atom. The maximum absolute atomic E-state index is 12.5. The van der Waals surface area contributed by atoms with Crippen molar-refractivity contribution in [1.82, 2.24) is 19.7 Å². The Bertz CT molecular complexity index is 710. The molecule has 0 fully saturated rings. The summed E-state index contributed by atoms with van der Waals surface area (Å²) < 4.78 is 1.96. The van der Waals surface area contributed by atoms with Crippen LogP contribution >= 0.6 is 11.3 Å². The second-order valence-corrected chi connectivity index (χ2v) is 5.69. The van der Waals surface area contributed by atoms with Crippen molar-refractivity contribution in [3.8, 4) is 11.8 Å². The van der Waals surface area contributed by atoms with Gasteiger partial charge in [0.15, 0.2) is 5.82 Å². The monoisotopic (exact) mass is 302 g/mol. The highest BCUT2D eigenvalue weighted by Gasteiger charge is 2.23. The molecule has 2 aromatic rings. The van der Waals surface area contributed by atoms with Crippen molar-refractivity contribution >= 4 is 17.2 Å². The molecule has 1 aliphatic heterocycles. The van der Waals surface area contributed by atoms with Crippen molar-refractivity contribution in [2.45, 2.75) is 19.5 Å². The van der Waals surface area contributed by atoms with E-state index in [1.807, 2.05) is 10.6 Å². The highest BCUT2D eigenvalue weighted by atomic mass is 32.1. The van der Waals surface area contributed by atoms with Gasteiger partial charge in [0.2, 0.25) is 0 Å². The second-order valence-electron chi connectivity index (χ2n) is 4.61. The number of thiophene rings is 1. The number of aliphatic hydroxyl groups is 1. The molecular weight excluding hydrogens is 288 g/mol. The molecular formula is C14H14N4O2S. The van der Waals surface area contributed by atoms with Gasteiger partial charge in [-0.3, -0.25) is 4.79 Å². The molecule has 0 saturated carbocycles. The SMILES string of the molecule is O=C(c1ccc(C#CCCO)s1)N1CCn2cnnc2C1. The molecule has 6 nitrogen and oxygen atoms in total. The van der Waals surface area contributed by atoms with E-state index in [1.165, 1.54) is 11.3 Å². The molecule has 21 heavy (non-hydrogen) atoms. The summed E-state index contributed by atoms with van der Waals surface area (Å²) in [5, 5.41) is 16.6. The Morgan fingerprint density at radius 2 is 2.33 bits per heavy atom. The lowest BCUT2D eigenvalue weighted by atomic mass is 10.3. The van der Waals surface area contributed by atoms with Gasteiger partial charge in [-0.05, 0) is 12.1 Å². The molecule has 0 radical (unpaired) electrons. The van der Waals surface area contributed by atoms with E-state index in [1.54, 1.807) is 17.3 Å². The highest BCUT2D eigenvalue weighted by molar-refractivity contribution is 7.14. The average Bonchev–Trinajstić information content (AvgIpc) is 3.15. The third kappa shape index (κ3) is 2.96. The fraction of sp³-hybridized carbons (Fsp3) is 0.357. The number of amides is 1. The van der Waals surface area contributed by atoms with Gasteiger partial charge in [0.1, 0.15) is 6.33 Å². The first kappa shape index (κ1) is 13.8. The van der Waals surface area contributed by atoms with Crippen molar-refractivity contribution < 1.29 is 9.90 Å². The fourth-order valence-electron chi connectivity index (χ4n) is 2.12. The molecule has 1 aliphatic rings. The van der Waals surface area contributed by atoms with E-state index in [0.717, 1.165) is 17.2 Å². The fourth-order valence-corrected chi connectivity index (χ4v) is 2.97. The quantitative estimate of drug-likeness (QED) is 0.830. The van der Waals surface area contributed by atoms with Crippen molar-refractivity contribution in [3.05, 3.63) is 34.0 Å². The average molecular weight is 302 g/mol. The first-order valence-corrected chi connectivity index (χ1v) is 7.45. The zero-order valence-corrected chi connectivity index (χ0v) is 12.1. The zero-order chi connectivity index (χ0) is 14.7. The van der Waals surface area contributed by atoms with Crippen LogP contribution in [-0.2, 0) is 13.1 Å². The minimum Gasteiger partial charge on any atom is -0.395 e. The van der Waals surface area contributed by atoms with Crippen molar-refractivity contribution in [3.63, 3.8) is 0 Å². The topological polar surface area (TPSA) is 71.2 Å². The molecule has 0 atom stereocenters. The lowest BCUT2D eigenvalue weighted by Crippen LogP contribution is -2.37. The number of aliphatic hydroxyl groups excluding tert-OH is 1. The molecule has 0 spiro atoms. The van der Waals surface area contributed by atoms with E-state index >= 15 is 0 Å². The first-order chi connectivity index (χ1) is 10.3. The Morgan fingerprint density at radius 1 is 1.43 bits per heavy atom. The first-order valence-electron chi connectivity index (χ1n) is 6.63. The standard InChI is InChI=1S/C14H14N4O2S/c19-8-2-1-3-11-4-5-12(21-11)14(20)17-6-7-18-10-15-16-13(18)9-17/h4-5,10,19H,2,6-9H2. The van der Waals surface area contributed by atoms with Crippen LogP contribution in [0.25, 0.3) is 0 Å². The highest BCUT2D eigenvalue weighted by Crippen LogP contribution is 2.20. The Labute approximate surface area is 126 Å². The third-order valence-corrected chi connectivity index (χ3v) is 4.18. The number of hydrogen-bond donors (Lipinski definition) is 1. The van der Waals surface area contributed by atoms with Gasteiger partial charge in [-0.15, -0.1) is 21.5 Å². The van der Waals surface area contributed by atoms with Crippen LogP contribution < -0.4 is 0 Å². The van der Waals surface area contributed by atoms with E-state index in [9.17, 15) is 4.79 Å². The number of fused-ring (bicyclic) bond motifs is 1. The van der Waals surface area contributed by atoms with E-state index < -0.39 is 0 Å². The second kappa shape index (κ2) is 6.08. The summed E-state index contributed by atoms with van der Waals surface area (Å²) >= 11 is 1.38. The Kier molecular flexibility index (Phi) is 3.99. The van der Waals surface area contributed by atoms with Crippen molar-refractivity contribution in [2.24, 2.45) is 0 Å². The summed E-state index contributed by atoms with van der Waals surface area (Å²) in [6.07, 6.45) is 2.14. The molecule has 0 unspecified atom stereocenters. The van der Waals surface area contributed by atoms with Crippen molar-refractivity contribution in [1.29, 1.82) is 0 Å². The minimum absolute atomic E-state index is 0.00413. The molecule has 7 heteroatoms. The summed E-state index contributed by atoms with van der Waals surface area (Å²) in [7, 11) is 0. The third-order valence-electron chi connectivity index (χ3n) is 3.19. The lowest BCUT2D eigenvalue weighted by molar-refractivity contribution is 0.0712. The molecule has 3 heterocycles. The molecule has 1 amide bonds. The number of nitrogens with zero attached hydrogens (tertiary/aromatic N) is 4. The molecule has 0 saturated heterocycles. The van der Waals surface area contributed by atoms with Crippen LogP contribution in [0.5, 0.6) is 0 Å². The van der Waals surface area contributed by atoms with E-state index in [-0.39, 0.29) is 12.5 Å². The molecule has 2 aromatic heterocycles. The maximum atomic E-state index is 12.5. The summed E-state index contributed by atoms with van der Waals surface area (Å²) in [5.41, 5.74) is 0. The number of carbonyl (C=O) groups excluding carboxylic acids is 1. The Balaban J connectivity index is 1.70. The van der Waals surface area contributed by atoms with Gasteiger partial charge in [-0.2, -0.15) is 0 Å². The van der Waals surface area contributed by atoms with Gasteiger partial charge in [-0.1, -0.05) is 11.8 Å². The van der Waals surface area contributed by atoms with Crippen LogP contribution in [0.15, 0.2) is 18.5 Å². The molecule has 0 aliphatic carbocycles. The predicted molar refractivity (Wildman–Crippen MR) is 77.7 cm³/mol. The number of aromatic nitrogens is 3. The summed E-state index contributed by atoms with van der Waals surface area (Å²) in [6, 6.07) is 3.64. The van der Waals surface area contributed by atoms with Crippen LogP contribution in [0.4, 0.5) is 0 Å². The van der Waals surface area contributed by atoms with Crippen LogP contribution in [0, 0.1) is 11.8 Å².